The van der Waals surface area contributed by atoms with Crippen molar-refractivity contribution in [1.82, 2.24) is 10.2 Å². The number of halogens is 2. The molecular weight excluding hydrogens is 285 g/mol. The first-order valence-corrected chi connectivity index (χ1v) is 6.86. The van der Waals surface area contributed by atoms with Crippen LogP contribution in [0.3, 0.4) is 0 Å². The van der Waals surface area contributed by atoms with Crippen LogP contribution in [0.15, 0.2) is 0 Å². The molecule has 0 aromatic carbocycles. The zero-order valence-electron chi connectivity index (χ0n) is 12.1. The van der Waals surface area contributed by atoms with Crippen LogP contribution >= 0.6 is 24.8 Å². The first kappa shape index (κ1) is 21.3. The molecule has 0 saturated carbocycles. The molecule has 1 heterocycles. The Kier molecular flexibility index (Phi) is 13.2. The molecule has 0 radical (unpaired) electrons. The van der Waals surface area contributed by atoms with Gasteiger partial charge in [0.15, 0.2) is 0 Å². The Morgan fingerprint density at radius 3 is 2.42 bits per heavy atom. The standard InChI is InChI=1S/C13H27N3O.2ClH/c1-3-4-5-12(10-14)15-13(17)11-6-8-16(2)9-7-11;;/h11-12H,3-10,14H2,1-2H3,(H,15,17);2*1H. The number of likely N-dealkylation sites (tertiary alicyclic amines) is 1. The maximum Gasteiger partial charge on any atom is 0.223 e. The highest BCUT2D eigenvalue weighted by Crippen LogP contribution is 2.16. The van der Waals surface area contributed by atoms with Crippen molar-refractivity contribution in [2.75, 3.05) is 26.7 Å². The fraction of sp³-hybridized carbons (Fsp3) is 0.923. The van der Waals surface area contributed by atoms with Crippen molar-refractivity contribution < 1.29 is 4.79 Å². The molecule has 1 fully saturated rings. The summed E-state index contributed by atoms with van der Waals surface area (Å²) in [6, 6.07) is 0.169. The quantitative estimate of drug-likeness (QED) is 0.786. The molecule has 1 atom stereocenters. The van der Waals surface area contributed by atoms with Gasteiger partial charge in [-0.25, -0.2) is 0 Å². The summed E-state index contributed by atoms with van der Waals surface area (Å²) >= 11 is 0. The molecule has 0 bridgehead atoms. The maximum absolute atomic E-state index is 12.1. The molecule has 19 heavy (non-hydrogen) atoms. The predicted octanol–water partition coefficient (Wildman–Crippen LogP) is 1.81. The Bertz CT molecular complexity index is 234. The van der Waals surface area contributed by atoms with E-state index in [9.17, 15) is 4.79 Å². The molecule has 3 N–H and O–H groups in total. The van der Waals surface area contributed by atoms with Gasteiger partial charge >= 0.3 is 0 Å². The van der Waals surface area contributed by atoms with E-state index in [1.54, 1.807) is 0 Å². The van der Waals surface area contributed by atoms with E-state index in [1.165, 1.54) is 0 Å². The molecule has 1 rings (SSSR count). The zero-order valence-corrected chi connectivity index (χ0v) is 13.7. The van der Waals surface area contributed by atoms with Gasteiger partial charge in [-0.1, -0.05) is 19.8 Å². The average molecular weight is 314 g/mol. The zero-order chi connectivity index (χ0) is 12.7. The second-order valence-electron chi connectivity index (χ2n) is 5.16. The number of nitrogens with one attached hydrogen (secondary N) is 1. The lowest BCUT2D eigenvalue weighted by Crippen LogP contribution is -2.45. The van der Waals surface area contributed by atoms with Crippen molar-refractivity contribution in [1.29, 1.82) is 0 Å². The Morgan fingerprint density at radius 2 is 1.95 bits per heavy atom. The van der Waals surface area contributed by atoms with Crippen LogP contribution in [0, 0.1) is 5.92 Å². The summed E-state index contributed by atoms with van der Waals surface area (Å²) in [6.45, 7) is 4.77. The molecule has 6 heteroatoms. The Labute approximate surface area is 129 Å². The van der Waals surface area contributed by atoms with Crippen molar-refractivity contribution in [2.45, 2.75) is 45.1 Å². The average Bonchev–Trinajstić information content (AvgIpc) is 2.35. The van der Waals surface area contributed by atoms with Crippen molar-refractivity contribution >= 4 is 30.7 Å². The number of piperidine rings is 1. The highest BCUT2D eigenvalue weighted by molar-refractivity contribution is 5.85. The van der Waals surface area contributed by atoms with Gasteiger partial charge in [0, 0.05) is 18.5 Å². The lowest BCUT2D eigenvalue weighted by molar-refractivity contribution is -0.127. The number of nitrogens with two attached hydrogens (primary N) is 1. The third-order valence-electron chi connectivity index (χ3n) is 3.63. The second-order valence-corrected chi connectivity index (χ2v) is 5.16. The number of hydrogen-bond acceptors (Lipinski definition) is 3. The van der Waals surface area contributed by atoms with Crippen LogP contribution in [0.1, 0.15) is 39.0 Å². The molecule has 116 valence electrons. The van der Waals surface area contributed by atoms with E-state index in [-0.39, 0.29) is 42.7 Å². The Hall–Kier alpha value is -0.0300. The fourth-order valence-electron chi connectivity index (χ4n) is 2.29. The molecule has 0 aromatic heterocycles. The van der Waals surface area contributed by atoms with Crippen LogP contribution in [0.25, 0.3) is 0 Å². The summed E-state index contributed by atoms with van der Waals surface area (Å²) in [6.07, 6.45) is 5.25. The van der Waals surface area contributed by atoms with Crippen molar-refractivity contribution in [3.8, 4) is 0 Å². The summed E-state index contributed by atoms with van der Waals surface area (Å²) in [5.74, 6) is 0.409. The summed E-state index contributed by atoms with van der Waals surface area (Å²) in [4.78, 5) is 14.3. The van der Waals surface area contributed by atoms with E-state index < -0.39 is 0 Å². The van der Waals surface area contributed by atoms with E-state index in [2.05, 4.69) is 24.2 Å². The van der Waals surface area contributed by atoms with Crippen LogP contribution in [0.2, 0.25) is 0 Å². The largest absolute Gasteiger partial charge is 0.352 e. The number of nitrogens with zero attached hydrogens (tertiary/aromatic N) is 1. The van der Waals surface area contributed by atoms with E-state index >= 15 is 0 Å². The molecule has 1 saturated heterocycles. The van der Waals surface area contributed by atoms with Gasteiger partial charge in [-0.15, -0.1) is 24.8 Å². The smallest absolute Gasteiger partial charge is 0.223 e. The summed E-state index contributed by atoms with van der Waals surface area (Å²) in [5, 5.41) is 3.10. The van der Waals surface area contributed by atoms with E-state index in [4.69, 9.17) is 5.73 Å². The van der Waals surface area contributed by atoms with E-state index in [0.717, 1.165) is 45.2 Å². The normalized spacial score (nSPS) is 18.1. The third kappa shape index (κ3) is 7.98. The van der Waals surface area contributed by atoms with Crippen LogP contribution < -0.4 is 11.1 Å². The second kappa shape index (κ2) is 11.8. The van der Waals surface area contributed by atoms with Gasteiger partial charge in [0.25, 0.3) is 0 Å². The number of unbranched alkanes of at least 4 members (excludes halogenated alkanes) is 1. The van der Waals surface area contributed by atoms with Gasteiger partial charge in [0.2, 0.25) is 5.91 Å². The van der Waals surface area contributed by atoms with Gasteiger partial charge < -0.3 is 16.0 Å². The van der Waals surface area contributed by atoms with Gasteiger partial charge in [-0.2, -0.15) is 0 Å². The third-order valence-corrected chi connectivity index (χ3v) is 3.63. The molecule has 1 unspecified atom stereocenters. The van der Waals surface area contributed by atoms with E-state index in [0.29, 0.717) is 6.54 Å². The highest BCUT2D eigenvalue weighted by Gasteiger charge is 2.24. The molecule has 0 spiro atoms. The van der Waals surface area contributed by atoms with Crippen LogP contribution in [-0.2, 0) is 4.79 Å². The molecule has 1 aliphatic heterocycles. The minimum absolute atomic E-state index is 0. The fourth-order valence-corrected chi connectivity index (χ4v) is 2.29. The predicted molar refractivity (Wildman–Crippen MR) is 85.2 cm³/mol. The molecule has 1 aliphatic rings. The van der Waals surface area contributed by atoms with Crippen molar-refractivity contribution in [3.63, 3.8) is 0 Å². The van der Waals surface area contributed by atoms with Crippen LogP contribution in [0.4, 0.5) is 0 Å². The van der Waals surface area contributed by atoms with Crippen LogP contribution in [0.5, 0.6) is 0 Å². The number of carbonyl (C=O) groups is 1. The Balaban J connectivity index is 0. The minimum Gasteiger partial charge on any atom is -0.352 e. The highest BCUT2D eigenvalue weighted by atomic mass is 35.5. The van der Waals surface area contributed by atoms with E-state index in [1.807, 2.05) is 0 Å². The Morgan fingerprint density at radius 1 is 1.37 bits per heavy atom. The lowest BCUT2D eigenvalue weighted by Gasteiger charge is -2.29. The number of hydrogen-bond donors (Lipinski definition) is 2. The monoisotopic (exact) mass is 313 g/mol. The van der Waals surface area contributed by atoms with Crippen LogP contribution in [-0.4, -0.2) is 43.5 Å². The number of carbonyl (C=O) groups excluding carboxylic acids is 1. The number of amides is 1. The molecule has 1 amide bonds. The van der Waals surface area contributed by atoms with Crippen molar-refractivity contribution in [2.24, 2.45) is 11.7 Å². The summed E-state index contributed by atoms with van der Waals surface area (Å²) < 4.78 is 0. The molecule has 4 nitrogen and oxygen atoms in total. The topological polar surface area (TPSA) is 58.4 Å². The molecule has 0 aliphatic carbocycles. The van der Waals surface area contributed by atoms with Crippen molar-refractivity contribution in [3.05, 3.63) is 0 Å². The first-order valence-electron chi connectivity index (χ1n) is 6.86. The summed E-state index contributed by atoms with van der Waals surface area (Å²) in [7, 11) is 2.11. The molecule has 0 aromatic rings. The van der Waals surface area contributed by atoms with Gasteiger partial charge in [0.1, 0.15) is 0 Å². The van der Waals surface area contributed by atoms with Gasteiger partial charge in [-0.3, -0.25) is 4.79 Å². The lowest BCUT2D eigenvalue weighted by atomic mass is 9.95. The number of rotatable bonds is 6. The first-order chi connectivity index (χ1) is 8.17. The minimum atomic E-state index is 0. The molecular formula is C13H29Cl2N3O. The van der Waals surface area contributed by atoms with Gasteiger partial charge in [-0.05, 0) is 39.4 Å². The maximum atomic E-state index is 12.1. The SMILES string of the molecule is CCCCC(CN)NC(=O)C1CCN(C)CC1.Cl.Cl. The summed E-state index contributed by atoms with van der Waals surface area (Å²) in [5.41, 5.74) is 5.69. The van der Waals surface area contributed by atoms with Gasteiger partial charge in [0.05, 0.1) is 0 Å².